The summed E-state index contributed by atoms with van der Waals surface area (Å²) in [5.41, 5.74) is 4.04. The van der Waals surface area contributed by atoms with Crippen LogP contribution >= 0.6 is 0 Å². The van der Waals surface area contributed by atoms with Crippen LogP contribution in [0, 0.1) is 0 Å². The molecule has 0 radical (unpaired) electrons. The van der Waals surface area contributed by atoms with Crippen molar-refractivity contribution in [3.8, 4) is 11.3 Å². The van der Waals surface area contributed by atoms with E-state index >= 15 is 0 Å². The largest absolute Gasteiger partial charge is 0.359 e. The normalized spacial score (nSPS) is 17.7. The molecule has 4 aromatic rings. The first-order valence-corrected chi connectivity index (χ1v) is 9.31. The van der Waals surface area contributed by atoms with E-state index in [0.29, 0.717) is 6.04 Å². The number of aromatic nitrogens is 4. The summed E-state index contributed by atoms with van der Waals surface area (Å²) in [6.07, 6.45) is 5.84. The zero-order valence-electron chi connectivity index (χ0n) is 15.2. The first-order chi connectivity index (χ1) is 13.3. The highest BCUT2D eigenvalue weighted by Gasteiger charge is 2.30. The fourth-order valence-electron chi connectivity index (χ4n) is 4.01. The van der Waals surface area contributed by atoms with Crippen LogP contribution in [0.5, 0.6) is 0 Å². The van der Waals surface area contributed by atoms with Crippen LogP contribution in [-0.2, 0) is 13.6 Å². The van der Waals surface area contributed by atoms with E-state index in [-0.39, 0.29) is 0 Å². The van der Waals surface area contributed by atoms with Gasteiger partial charge in [-0.25, -0.2) is 4.98 Å². The minimum absolute atomic E-state index is 0.300. The molecule has 0 spiro atoms. The summed E-state index contributed by atoms with van der Waals surface area (Å²) in [6, 6.07) is 14.5. The molecule has 0 aliphatic carbocycles. The molecule has 0 N–H and O–H groups in total. The van der Waals surface area contributed by atoms with Gasteiger partial charge in [0.25, 0.3) is 0 Å². The van der Waals surface area contributed by atoms with Crippen LogP contribution < -0.4 is 0 Å². The van der Waals surface area contributed by atoms with Crippen molar-refractivity contribution in [2.24, 2.45) is 7.05 Å². The van der Waals surface area contributed by atoms with Gasteiger partial charge in [0.1, 0.15) is 11.5 Å². The Hall–Kier alpha value is -2.99. The second-order valence-corrected chi connectivity index (χ2v) is 7.07. The van der Waals surface area contributed by atoms with Gasteiger partial charge >= 0.3 is 0 Å². The topological polar surface area (TPSA) is 60.0 Å². The molecule has 0 amide bonds. The van der Waals surface area contributed by atoms with Crippen molar-refractivity contribution in [2.45, 2.75) is 25.4 Å². The van der Waals surface area contributed by atoms with E-state index in [9.17, 15) is 0 Å². The van der Waals surface area contributed by atoms with Gasteiger partial charge < -0.3 is 9.09 Å². The van der Waals surface area contributed by atoms with Crippen LogP contribution in [0.15, 0.2) is 59.4 Å². The summed E-state index contributed by atoms with van der Waals surface area (Å²) in [6.45, 7) is 1.78. The number of para-hydroxylation sites is 2. The van der Waals surface area contributed by atoms with Gasteiger partial charge in [-0.2, -0.15) is 0 Å². The minimum atomic E-state index is 0.300. The number of nitrogens with zero attached hydrogens (tertiary/aromatic N) is 5. The van der Waals surface area contributed by atoms with E-state index < -0.39 is 0 Å². The predicted octanol–water partition coefficient (Wildman–Crippen LogP) is 3.96. The molecule has 1 aromatic carbocycles. The number of benzene rings is 1. The lowest BCUT2D eigenvalue weighted by Crippen LogP contribution is -2.24. The molecule has 0 unspecified atom stereocenters. The third-order valence-electron chi connectivity index (χ3n) is 5.36. The number of imidazole rings is 1. The van der Waals surface area contributed by atoms with Gasteiger partial charge in [-0.05, 0) is 43.7 Å². The molecule has 1 atom stereocenters. The van der Waals surface area contributed by atoms with Crippen molar-refractivity contribution in [1.82, 2.24) is 24.6 Å². The SMILES string of the molecule is Cn1c([C@H]2CCCN2Cc2cc(-c3cccnc3)no2)nc2ccccc21. The number of pyridine rings is 1. The molecule has 1 saturated heterocycles. The van der Waals surface area contributed by atoms with Crippen LogP contribution in [0.4, 0.5) is 0 Å². The van der Waals surface area contributed by atoms with Crippen molar-refractivity contribution >= 4 is 11.0 Å². The van der Waals surface area contributed by atoms with Crippen LogP contribution in [0.2, 0.25) is 0 Å². The van der Waals surface area contributed by atoms with Crippen molar-refractivity contribution in [2.75, 3.05) is 6.54 Å². The summed E-state index contributed by atoms with van der Waals surface area (Å²) in [5.74, 6) is 2.00. The van der Waals surface area contributed by atoms with E-state index in [1.807, 2.05) is 24.3 Å². The van der Waals surface area contributed by atoms with E-state index in [0.717, 1.165) is 54.3 Å². The smallest absolute Gasteiger partial charge is 0.151 e. The molecule has 27 heavy (non-hydrogen) atoms. The zero-order valence-corrected chi connectivity index (χ0v) is 15.2. The van der Waals surface area contributed by atoms with Gasteiger partial charge in [0.05, 0.1) is 23.6 Å². The number of likely N-dealkylation sites (tertiary alicyclic amines) is 1. The van der Waals surface area contributed by atoms with E-state index in [4.69, 9.17) is 9.51 Å². The molecular formula is C21H21N5O. The van der Waals surface area contributed by atoms with Crippen molar-refractivity contribution in [3.63, 3.8) is 0 Å². The number of rotatable bonds is 4. The maximum atomic E-state index is 5.61. The van der Waals surface area contributed by atoms with Gasteiger partial charge in [0.2, 0.25) is 0 Å². The lowest BCUT2D eigenvalue weighted by Gasteiger charge is -2.22. The van der Waals surface area contributed by atoms with Crippen LogP contribution in [0.1, 0.15) is 30.5 Å². The summed E-state index contributed by atoms with van der Waals surface area (Å²) < 4.78 is 7.83. The Morgan fingerprint density at radius 3 is 2.96 bits per heavy atom. The van der Waals surface area contributed by atoms with Gasteiger partial charge in [0.15, 0.2) is 5.76 Å². The Balaban J connectivity index is 1.40. The Morgan fingerprint density at radius 1 is 1.19 bits per heavy atom. The third-order valence-corrected chi connectivity index (χ3v) is 5.36. The molecule has 1 aliphatic heterocycles. The first-order valence-electron chi connectivity index (χ1n) is 9.31. The van der Waals surface area contributed by atoms with Crippen LogP contribution in [0.3, 0.4) is 0 Å². The Kier molecular flexibility index (Phi) is 3.98. The standard InChI is InChI=1S/C21H21N5O/c1-25-19-8-3-2-7-17(19)23-21(25)20-9-5-11-26(20)14-16-12-18(24-27-16)15-6-4-10-22-13-15/h2-4,6-8,10,12-13,20H,5,9,11,14H2,1H3/t20-/m1/s1. The maximum absolute atomic E-state index is 5.61. The van der Waals surface area contributed by atoms with Crippen LogP contribution in [-0.4, -0.2) is 31.1 Å². The molecule has 1 aliphatic rings. The molecular weight excluding hydrogens is 338 g/mol. The fraction of sp³-hybridized carbons (Fsp3) is 0.286. The van der Waals surface area contributed by atoms with E-state index in [1.165, 1.54) is 5.52 Å². The monoisotopic (exact) mass is 359 g/mol. The molecule has 0 bridgehead atoms. The molecule has 3 aromatic heterocycles. The second-order valence-electron chi connectivity index (χ2n) is 7.07. The molecule has 0 saturated carbocycles. The lowest BCUT2D eigenvalue weighted by molar-refractivity contribution is 0.208. The Bertz CT molecular complexity index is 1070. The molecule has 6 nitrogen and oxygen atoms in total. The Morgan fingerprint density at radius 2 is 2.11 bits per heavy atom. The van der Waals surface area contributed by atoms with Crippen molar-refractivity contribution < 1.29 is 4.52 Å². The van der Waals surface area contributed by atoms with Gasteiger partial charge in [-0.3, -0.25) is 9.88 Å². The summed E-state index contributed by atoms with van der Waals surface area (Å²) in [7, 11) is 2.11. The minimum Gasteiger partial charge on any atom is -0.359 e. The lowest BCUT2D eigenvalue weighted by atomic mass is 10.2. The van der Waals surface area contributed by atoms with Crippen LogP contribution in [0.25, 0.3) is 22.3 Å². The van der Waals surface area contributed by atoms with E-state index in [1.54, 1.807) is 12.4 Å². The highest BCUT2D eigenvalue weighted by atomic mass is 16.5. The first kappa shape index (κ1) is 16.2. The number of aryl methyl sites for hydroxylation is 1. The fourth-order valence-corrected chi connectivity index (χ4v) is 4.01. The molecule has 1 fully saturated rings. The zero-order chi connectivity index (χ0) is 18.2. The molecule has 136 valence electrons. The average Bonchev–Trinajstić information content (AvgIpc) is 3.43. The summed E-state index contributed by atoms with van der Waals surface area (Å²) in [4.78, 5) is 11.5. The van der Waals surface area contributed by atoms with E-state index in [2.05, 4.69) is 44.9 Å². The second kappa shape index (κ2) is 6.63. The molecule has 4 heterocycles. The molecule has 5 rings (SSSR count). The summed E-state index contributed by atoms with van der Waals surface area (Å²) in [5, 5.41) is 4.22. The summed E-state index contributed by atoms with van der Waals surface area (Å²) >= 11 is 0. The van der Waals surface area contributed by atoms with Crippen molar-refractivity contribution in [3.05, 3.63) is 66.4 Å². The Labute approximate surface area is 157 Å². The van der Waals surface area contributed by atoms with Gasteiger partial charge in [-0.1, -0.05) is 17.3 Å². The average molecular weight is 359 g/mol. The third kappa shape index (κ3) is 2.92. The highest BCUT2D eigenvalue weighted by molar-refractivity contribution is 5.75. The van der Waals surface area contributed by atoms with Gasteiger partial charge in [0, 0.05) is 31.1 Å². The number of fused-ring (bicyclic) bond motifs is 1. The van der Waals surface area contributed by atoms with Crippen molar-refractivity contribution in [1.29, 1.82) is 0 Å². The molecule has 6 heteroatoms. The highest BCUT2D eigenvalue weighted by Crippen LogP contribution is 2.34. The number of hydrogen-bond acceptors (Lipinski definition) is 5. The maximum Gasteiger partial charge on any atom is 0.151 e. The quantitative estimate of drug-likeness (QED) is 0.552. The number of hydrogen-bond donors (Lipinski definition) is 0. The predicted molar refractivity (Wildman–Crippen MR) is 103 cm³/mol. The van der Waals surface area contributed by atoms with Gasteiger partial charge in [-0.15, -0.1) is 0 Å².